The maximum absolute atomic E-state index is 13.3. The molecular weight excluding hydrogens is 372 g/mol. The van der Waals surface area contributed by atoms with Crippen LogP contribution in [0, 0.1) is 6.92 Å². The van der Waals surface area contributed by atoms with Crippen molar-refractivity contribution in [3.63, 3.8) is 0 Å². The van der Waals surface area contributed by atoms with Crippen LogP contribution in [0.15, 0.2) is 66.7 Å². The van der Waals surface area contributed by atoms with Crippen molar-refractivity contribution in [2.24, 2.45) is 0 Å². The van der Waals surface area contributed by atoms with Crippen molar-refractivity contribution in [2.45, 2.75) is 39.8 Å². The molecule has 5 heteroatoms. The second-order valence-electron chi connectivity index (χ2n) is 7.55. The highest BCUT2D eigenvalue weighted by Gasteiger charge is 2.21. The molecule has 4 rings (SSSR count). The Balaban J connectivity index is 1.73. The van der Waals surface area contributed by atoms with Gasteiger partial charge in [-0.15, -0.1) is 0 Å². The fourth-order valence-corrected chi connectivity index (χ4v) is 3.73. The molecule has 1 atom stereocenters. The molecule has 0 bridgehead atoms. The summed E-state index contributed by atoms with van der Waals surface area (Å²) < 4.78 is 1.90. The number of pyridine rings is 1. The molecule has 0 aliphatic heterocycles. The predicted octanol–water partition coefficient (Wildman–Crippen LogP) is 4.84. The van der Waals surface area contributed by atoms with Gasteiger partial charge in [-0.05, 0) is 37.5 Å². The van der Waals surface area contributed by atoms with Crippen LogP contribution in [0.4, 0.5) is 0 Å². The van der Waals surface area contributed by atoms with E-state index in [2.05, 4.69) is 17.4 Å². The number of carbonyl (C=O) groups is 1. The fourth-order valence-electron chi connectivity index (χ4n) is 3.73. The van der Waals surface area contributed by atoms with Crippen molar-refractivity contribution in [2.75, 3.05) is 0 Å². The van der Waals surface area contributed by atoms with Crippen LogP contribution in [-0.4, -0.2) is 20.7 Å². The molecule has 0 spiro atoms. The molecule has 1 amide bonds. The Kier molecular flexibility index (Phi) is 5.61. The Bertz CT molecular complexity index is 1170. The number of carbonyl (C=O) groups excluding carboxylic acids is 1. The van der Waals surface area contributed by atoms with Crippen LogP contribution >= 0.6 is 0 Å². The van der Waals surface area contributed by atoms with Gasteiger partial charge in [-0.1, -0.05) is 67.6 Å². The maximum Gasteiger partial charge on any atom is 0.252 e. The number of nitrogens with one attached hydrogen (secondary N) is 1. The van der Waals surface area contributed by atoms with Gasteiger partial charge in [0.05, 0.1) is 29.2 Å². The van der Waals surface area contributed by atoms with Gasteiger partial charge in [-0.25, -0.2) is 9.67 Å². The highest BCUT2D eigenvalue weighted by Crippen LogP contribution is 2.24. The average molecular weight is 399 g/mol. The van der Waals surface area contributed by atoms with Crippen molar-refractivity contribution >= 4 is 16.9 Å². The lowest BCUT2D eigenvalue weighted by atomic mass is 10.1. The molecule has 2 heterocycles. The van der Waals surface area contributed by atoms with Gasteiger partial charge in [-0.2, -0.15) is 5.10 Å². The van der Waals surface area contributed by atoms with Crippen LogP contribution in [0.1, 0.15) is 52.8 Å². The van der Waals surface area contributed by atoms with Crippen molar-refractivity contribution in [3.05, 3.63) is 94.8 Å². The third-order valence-electron chi connectivity index (χ3n) is 5.36. The minimum Gasteiger partial charge on any atom is -0.345 e. The summed E-state index contributed by atoms with van der Waals surface area (Å²) >= 11 is 0. The van der Waals surface area contributed by atoms with E-state index in [0.717, 1.165) is 40.0 Å². The first kappa shape index (κ1) is 19.8. The second kappa shape index (κ2) is 8.49. The standard InChI is InChI=1S/C25H26N4O/c1-4-21-15-22(25(30)26-17(2)20-13-9-6-10-14-20)23-18(3)28-29(24(23)27-21)16-19-11-7-5-8-12-19/h5-15,17H,4,16H2,1-3H3,(H,26,30)/t17-/m1/s1. The zero-order valence-corrected chi connectivity index (χ0v) is 17.6. The molecular formula is C25H26N4O. The number of benzene rings is 2. The Hall–Kier alpha value is -3.47. The van der Waals surface area contributed by atoms with E-state index in [0.29, 0.717) is 12.1 Å². The molecule has 0 unspecified atom stereocenters. The number of hydrogen-bond acceptors (Lipinski definition) is 3. The van der Waals surface area contributed by atoms with Crippen LogP contribution in [0.3, 0.4) is 0 Å². The van der Waals surface area contributed by atoms with Gasteiger partial charge >= 0.3 is 0 Å². The second-order valence-corrected chi connectivity index (χ2v) is 7.55. The summed E-state index contributed by atoms with van der Waals surface area (Å²) in [6, 6.07) is 22.0. The monoisotopic (exact) mass is 398 g/mol. The van der Waals surface area contributed by atoms with Crippen LogP contribution in [0.5, 0.6) is 0 Å². The molecule has 0 aliphatic rings. The number of aryl methyl sites for hydroxylation is 2. The first-order valence-electron chi connectivity index (χ1n) is 10.3. The quantitative estimate of drug-likeness (QED) is 0.505. The third kappa shape index (κ3) is 3.96. The largest absolute Gasteiger partial charge is 0.345 e. The number of fused-ring (bicyclic) bond motifs is 1. The molecule has 5 nitrogen and oxygen atoms in total. The molecule has 0 aliphatic carbocycles. The van der Waals surface area contributed by atoms with Crippen molar-refractivity contribution < 1.29 is 4.79 Å². The van der Waals surface area contributed by atoms with E-state index in [1.807, 2.05) is 80.1 Å². The minimum atomic E-state index is -0.101. The first-order chi connectivity index (χ1) is 14.6. The number of aromatic nitrogens is 3. The molecule has 1 N–H and O–H groups in total. The van der Waals surface area contributed by atoms with Gasteiger partial charge in [0, 0.05) is 5.69 Å². The molecule has 0 fully saturated rings. The van der Waals surface area contributed by atoms with E-state index in [9.17, 15) is 4.79 Å². The van der Waals surface area contributed by atoms with E-state index < -0.39 is 0 Å². The number of nitrogens with zero attached hydrogens (tertiary/aromatic N) is 3. The van der Waals surface area contributed by atoms with E-state index >= 15 is 0 Å². The Morgan fingerprint density at radius 1 is 1.07 bits per heavy atom. The minimum absolute atomic E-state index is 0.0911. The van der Waals surface area contributed by atoms with Gasteiger partial charge in [0.25, 0.3) is 5.91 Å². The highest BCUT2D eigenvalue weighted by atomic mass is 16.1. The van der Waals surface area contributed by atoms with Crippen LogP contribution in [0.25, 0.3) is 11.0 Å². The summed E-state index contributed by atoms with van der Waals surface area (Å²) in [6.45, 7) is 6.60. The summed E-state index contributed by atoms with van der Waals surface area (Å²) in [7, 11) is 0. The lowest BCUT2D eigenvalue weighted by Crippen LogP contribution is -2.27. The van der Waals surface area contributed by atoms with E-state index in [-0.39, 0.29) is 11.9 Å². The molecule has 30 heavy (non-hydrogen) atoms. The lowest BCUT2D eigenvalue weighted by molar-refractivity contribution is 0.0941. The van der Waals surface area contributed by atoms with Crippen LogP contribution in [-0.2, 0) is 13.0 Å². The van der Waals surface area contributed by atoms with Crippen molar-refractivity contribution in [1.29, 1.82) is 0 Å². The van der Waals surface area contributed by atoms with Crippen molar-refractivity contribution in [1.82, 2.24) is 20.1 Å². The Labute approximate surface area is 176 Å². The number of hydrogen-bond donors (Lipinski definition) is 1. The third-order valence-corrected chi connectivity index (χ3v) is 5.36. The van der Waals surface area contributed by atoms with Gasteiger partial charge < -0.3 is 5.32 Å². The number of amides is 1. The summed E-state index contributed by atoms with van der Waals surface area (Å²) in [6.07, 6.45) is 0.750. The molecule has 2 aromatic heterocycles. The van der Waals surface area contributed by atoms with E-state index in [1.165, 1.54) is 0 Å². The molecule has 0 saturated carbocycles. The van der Waals surface area contributed by atoms with Gasteiger partial charge in [-0.3, -0.25) is 4.79 Å². The SMILES string of the molecule is CCc1cc(C(=O)N[C@H](C)c2ccccc2)c2c(C)nn(Cc3ccccc3)c2n1. The van der Waals surface area contributed by atoms with Crippen LogP contribution in [0.2, 0.25) is 0 Å². The zero-order valence-electron chi connectivity index (χ0n) is 17.6. The summed E-state index contributed by atoms with van der Waals surface area (Å²) in [5.41, 5.74) is 5.31. The highest BCUT2D eigenvalue weighted by molar-refractivity contribution is 6.06. The van der Waals surface area contributed by atoms with E-state index in [1.54, 1.807) is 0 Å². The summed E-state index contributed by atoms with van der Waals surface area (Å²) in [5.74, 6) is -0.101. The topological polar surface area (TPSA) is 59.8 Å². The lowest BCUT2D eigenvalue weighted by Gasteiger charge is -2.15. The molecule has 152 valence electrons. The molecule has 0 radical (unpaired) electrons. The molecule has 2 aromatic carbocycles. The average Bonchev–Trinajstić information content (AvgIpc) is 3.09. The Morgan fingerprint density at radius 3 is 2.40 bits per heavy atom. The summed E-state index contributed by atoms with van der Waals surface area (Å²) in [4.78, 5) is 18.1. The predicted molar refractivity (Wildman–Crippen MR) is 120 cm³/mol. The maximum atomic E-state index is 13.3. The smallest absolute Gasteiger partial charge is 0.252 e. The van der Waals surface area contributed by atoms with Crippen LogP contribution < -0.4 is 5.32 Å². The normalized spacial score (nSPS) is 12.1. The summed E-state index contributed by atoms with van der Waals surface area (Å²) in [5, 5.41) is 8.67. The number of rotatable bonds is 6. The van der Waals surface area contributed by atoms with Gasteiger partial charge in [0.2, 0.25) is 0 Å². The van der Waals surface area contributed by atoms with Gasteiger partial charge in [0.1, 0.15) is 0 Å². The Morgan fingerprint density at radius 2 is 1.73 bits per heavy atom. The molecule has 0 saturated heterocycles. The zero-order chi connectivity index (χ0) is 21.1. The van der Waals surface area contributed by atoms with Gasteiger partial charge in [0.15, 0.2) is 5.65 Å². The molecule has 4 aromatic rings. The fraction of sp³-hybridized carbons (Fsp3) is 0.240. The van der Waals surface area contributed by atoms with E-state index in [4.69, 9.17) is 10.1 Å². The first-order valence-corrected chi connectivity index (χ1v) is 10.3. The van der Waals surface area contributed by atoms with Crippen molar-refractivity contribution in [3.8, 4) is 0 Å².